The van der Waals surface area contributed by atoms with Gasteiger partial charge in [0, 0.05) is 0 Å². The van der Waals surface area contributed by atoms with E-state index in [1.807, 2.05) is 0 Å². The Morgan fingerprint density at radius 2 is 0.947 bits per heavy atom. The molecule has 0 fully saturated rings. The van der Waals surface area contributed by atoms with Crippen molar-refractivity contribution in [2.45, 2.75) is 110 Å². The summed E-state index contributed by atoms with van der Waals surface area (Å²) in [6.45, 7) is 6.12. The maximum Gasteiger partial charge on any atom is -0.0386 e. The predicted molar refractivity (Wildman–Crippen MR) is 89.2 cm³/mol. The van der Waals surface area contributed by atoms with Gasteiger partial charge >= 0.3 is 0 Å². The van der Waals surface area contributed by atoms with Crippen LogP contribution in [0, 0.1) is 13.3 Å². The van der Waals surface area contributed by atoms with Gasteiger partial charge in [0.2, 0.25) is 0 Å². The lowest BCUT2D eigenvalue weighted by Gasteiger charge is -2.03. The second kappa shape index (κ2) is 18.0. The highest BCUT2D eigenvalue weighted by Crippen LogP contribution is 2.13. The molecule has 0 unspecified atom stereocenters. The topological polar surface area (TPSA) is 0 Å². The van der Waals surface area contributed by atoms with Crippen LogP contribution in [0.5, 0.6) is 0 Å². The van der Waals surface area contributed by atoms with E-state index in [-0.39, 0.29) is 0 Å². The molecule has 0 saturated carbocycles. The average molecular weight is 267 g/mol. The molecule has 0 bridgehead atoms. The first kappa shape index (κ1) is 19.0. The van der Waals surface area contributed by atoms with E-state index in [1.54, 1.807) is 0 Å². The summed E-state index contributed by atoms with van der Waals surface area (Å²) >= 11 is 0. The molecule has 0 heteroatoms. The fourth-order valence-corrected chi connectivity index (χ4v) is 2.63. The molecule has 0 rings (SSSR count). The first-order valence-electron chi connectivity index (χ1n) is 9.02. The van der Waals surface area contributed by atoms with Crippen LogP contribution in [0.15, 0.2) is 0 Å². The second-order valence-electron chi connectivity index (χ2n) is 5.96. The highest BCUT2D eigenvalue weighted by Gasteiger charge is 1.94. The van der Waals surface area contributed by atoms with E-state index in [0.29, 0.717) is 0 Å². The normalized spacial score (nSPS) is 11.1. The number of unbranched alkanes of at least 4 members (excludes halogenated alkanes) is 16. The third-order valence-electron chi connectivity index (χ3n) is 3.97. The van der Waals surface area contributed by atoms with E-state index in [9.17, 15) is 0 Å². The Balaban J connectivity index is 2.88. The Morgan fingerprint density at radius 1 is 0.579 bits per heavy atom. The summed E-state index contributed by atoms with van der Waals surface area (Å²) < 4.78 is 0. The van der Waals surface area contributed by atoms with Gasteiger partial charge in [-0.3, -0.25) is 0 Å². The van der Waals surface area contributed by atoms with Crippen molar-refractivity contribution in [3.63, 3.8) is 0 Å². The first-order valence-corrected chi connectivity index (χ1v) is 9.02. The first-order chi connectivity index (χ1) is 9.41. The molecule has 0 aromatic heterocycles. The largest absolute Gasteiger partial charge is 0.0654 e. The summed E-state index contributed by atoms with van der Waals surface area (Å²) in [7, 11) is 0. The van der Waals surface area contributed by atoms with Crippen LogP contribution in [0.3, 0.4) is 0 Å². The SMILES string of the molecule is [CH2]C[CH]CCCCCCCCCCCCCCCC. The van der Waals surface area contributed by atoms with Crippen LogP contribution in [-0.2, 0) is 0 Å². The highest BCUT2D eigenvalue weighted by molar-refractivity contribution is 4.64. The zero-order valence-electron chi connectivity index (χ0n) is 13.6. The van der Waals surface area contributed by atoms with E-state index in [2.05, 4.69) is 20.3 Å². The van der Waals surface area contributed by atoms with Gasteiger partial charge in [-0.05, 0) is 6.42 Å². The standard InChI is InChI=1S/C19H38/c1-3-5-7-9-11-13-15-17-19-18-16-14-12-10-8-6-4-2/h5H,1,3-4,6-19H2,2H3. The minimum atomic E-state index is 0.998. The maximum absolute atomic E-state index is 3.83. The molecule has 0 aromatic carbocycles. The van der Waals surface area contributed by atoms with Crippen LogP contribution in [-0.4, -0.2) is 0 Å². The van der Waals surface area contributed by atoms with Gasteiger partial charge < -0.3 is 0 Å². The molecule has 0 aromatic rings. The molecular weight excluding hydrogens is 228 g/mol. The molecule has 0 nitrogen and oxygen atoms in total. The van der Waals surface area contributed by atoms with Crippen LogP contribution in [0.25, 0.3) is 0 Å². The Bertz CT molecular complexity index is 123. The maximum atomic E-state index is 3.83. The summed E-state index contributed by atoms with van der Waals surface area (Å²) in [6, 6.07) is 0. The molecule has 0 saturated heterocycles. The van der Waals surface area contributed by atoms with Crippen LogP contribution < -0.4 is 0 Å². The van der Waals surface area contributed by atoms with Gasteiger partial charge in [0.15, 0.2) is 0 Å². The molecule has 0 aliphatic rings. The quantitative estimate of drug-likeness (QED) is 0.257. The van der Waals surface area contributed by atoms with Crippen LogP contribution in [0.2, 0.25) is 0 Å². The molecule has 0 spiro atoms. The molecule has 0 amide bonds. The summed E-state index contributed by atoms with van der Waals surface area (Å²) in [4.78, 5) is 0. The van der Waals surface area contributed by atoms with E-state index in [4.69, 9.17) is 0 Å². The number of hydrogen-bond acceptors (Lipinski definition) is 0. The van der Waals surface area contributed by atoms with Crippen molar-refractivity contribution in [2.75, 3.05) is 0 Å². The smallest absolute Gasteiger partial charge is 0.0386 e. The van der Waals surface area contributed by atoms with E-state index in [1.165, 1.54) is 96.3 Å². The molecule has 19 heavy (non-hydrogen) atoms. The van der Waals surface area contributed by atoms with Gasteiger partial charge in [0.25, 0.3) is 0 Å². The lowest BCUT2D eigenvalue weighted by Crippen LogP contribution is -1.83. The number of hydrogen-bond donors (Lipinski definition) is 0. The molecule has 0 heterocycles. The summed E-state index contributed by atoms with van der Waals surface area (Å²) in [5.74, 6) is 0. The molecular formula is C19H38. The monoisotopic (exact) mass is 266 g/mol. The second-order valence-corrected chi connectivity index (χ2v) is 5.96. The van der Waals surface area contributed by atoms with Gasteiger partial charge in [0.1, 0.15) is 0 Å². The van der Waals surface area contributed by atoms with Gasteiger partial charge in [-0.15, -0.1) is 0 Å². The lowest BCUT2D eigenvalue weighted by atomic mass is 10.0. The van der Waals surface area contributed by atoms with E-state index in [0.717, 1.165) is 6.42 Å². The van der Waals surface area contributed by atoms with Crippen molar-refractivity contribution in [3.05, 3.63) is 13.3 Å². The predicted octanol–water partition coefficient (Wildman–Crippen LogP) is 7.29. The summed E-state index contributed by atoms with van der Waals surface area (Å²) in [6.07, 6.45) is 24.9. The molecule has 2 radical (unpaired) electrons. The lowest BCUT2D eigenvalue weighted by molar-refractivity contribution is 0.535. The zero-order chi connectivity index (χ0) is 14.0. The van der Waals surface area contributed by atoms with Crippen molar-refractivity contribution in [1.82, 2.24) is 0 Å². The minimum absolute atomic E-state index is 0.998. The fraction of sp³-hybridized carbons (Fsp3) is 0.895. The number of rotatable bonds is 16. The Hall–Kier alpha value is 0. The van der Waals surface area contributed by atoms with Crippen LogP contribution in [0.1, 0.15) is 110 Å². The third-order valence-corrected chi connectivity index (χ3v) is 3.97. The van der Waals surface area contributed by atoms with E-state index >= 15 is 0 Å². The molecule has 0 aliphatic heterocycles. The Kier molecular flexibility index (Phi) is 18.0. The Morgan fingerprint density at radius 3 is 1.32 bits per heavy atom. The molecule has 0 aliphatic carbocycles. The fourth-order valence-electron chi connectivity index (χ4n) is 2.63. The van der Waals surface area contributed by atoms with Crippen molar-refractivity contribution < 1.29 is 0 Å². The van der Waals surface area contributed by atoms with Crippen molar-refractivity contribution in [3.8, 4) is 0 Å². The molecule has 0 N–H and O–H groups in total. The van der Waals surface area contributed by atoms with Crippen molar-refractivity contribution in [2.24, 2.45) is 0 Å². The van der Waals surface area contributed by atoms with E-state index < -0.39 is 0 Å². The Labute approximate surface area is 123 Å². The van der Waals surface area contributed by atoms with Gasteiger partial charge in [-0.2, -0.15) is 0 Å². The van der Waals surface area contributed by atoms with Crippen LogP contribution in [0.4, 0.5) is 0 Å². The van der Waals surface area contributed by atoms with Gasteiger partial charge in [-0.1, -0.05) is 117 Å². The molecule has 114 valence electrons. The van der Waals surface area contributed by atoms with Crippen molar-refractivity contribution in [1.29, 1.82) is 0 Å². The minimum Gasteiger partial charge on any atom is -0.0654 e. The third kappa shape index (κ3) is 18.0. The average Bonchev–Trinajstić information content (AvgIpc) is 2.43. The molecule has 0 atom stereocenters. The summed E-state index contributed by atoms with van der Waals surface area (Å²) in [5.41, 5.74) is 0. The highest BCUT2D eigenvalue weighted by atomic mass is 14.0. The van der Waals surface area contributed by atoms with Gasteiger partial charge in [-0.25, -0.2) is 0 Å². The van der Waals surface area contributed by atoms with Crippen molar-refractivity contribution >= 4 is 0 Å². The zero-order valence-corrected chi connectivity index (χ0v) is 13.6. The van der Waals surface area contributed by atoms with Gasteiger partial charge in [0.05, 0.1) is 0 Å². The van der Waals surface area contributed by atoms with Crippen LogP contribution >= 0.6 is 0 Å². The summed E-state index contributed by atoms with van der Waals surface area (Å²) in [5, 5.41) is 0.